The summed E-state index contributed by atoms with van der Waals surface area (Å²) in [6.45, 7) is 8.35. The zero-order valence-electron chi connectivity index (χ0n) is 27.3. The van der Waals surface area contributed by atoms with Gasteiger partial charge in [-0.3, -0.25) is 19.0 Å². The van der Waals surface area contributed by atoms with E-state index in [2.05, 4.69) is 25.5 Å². The minimum absolute atomic E-state index is 0.0993. The van der Waals surface area contributed by atoms with E-state index in [0.717, 1.165) is 47.4 Å². The molecule has 0 spiro atoms. The largest absolute Gasteiger partial charge is 0.459 e. The first-order chi connectivity index (χ1) is 21.1. The monoisotopic (exact) mass is 641 g/mol. The molecule has 2 aliphatic heterocycles. The number of imidazole rings is 1. The molecule has 2 amide bonds. The van der Waals surface area contributed by atoms with Gasteiger partial charge in [-0.1, -0.05) is 44.1 Å². The summed E-state index contributed by atoms with van der Waals surface area (Å²) in [6, 6.07) is 7.45. The quantitative estimate of drug-likeness (QED) is 0.485. The van der Waals surface area contributed by atoms with Gasteiger partial charge in [-0.2, -0.15) is 17.7 Å². The van der Waals surface area contributed by atoms with Gasteiger partial charge in [0.05, 0.1) is 29.0 Å². The highest BCUT2D eigenvalue weighted by atomic mass is 32.2. The fourth-order valence-electron chi connectivity index (χ4n) is 6.74. The van der Waals surface area contributed by atoms with Crippen LogP contribution in [0.1, 0.15) is 79.1 Å². The first kappa shape index (κ1) is 33.1. The summed E-state index contributed by atoms with van der Waals surface area (Å²) in [5.41, 5.74) is 0.206. The second kappa shape index (κ2) is 12.5. The Morgan fingerprint density at radius 2 is 1.87 bits per heavy atom. The number of nitrogens with zero attached hydrogens (tertiary/aromatic N) is 4. The SMILES string of the molecule is C[C@H]1CCCCC/C=C\[C@H]2C[C@@]2(C(=O)NS(=O)(=O)N(C)C)CC(=O)[C@@H]2C[C@@H](Oc3nc4ccccc4n3C(C)(C)C)CN2C1=O. The van der Waals surface area contributed by atoms with Gasteiger partial charge in [-0.25, -0.2) is 4.72 Å². The molecule has 11 nitrogen and oxygen atoms in total. The van der Waals surface area contributed by atoms with Crippen molar-refractivity contribution in [1.82, 2.24) is 23.5 Å². The van der Waals surface area contributed by atoms with Crippen molar-refractivity contribution in [3.8, 4) is 6.01 Å². The molecule has 0 unspecified atom stereocenters. The third-order valence-corrected chi connectivity index (χ3v) is 10.9. The Labute approximate surface area is 266 Å². The lowest BCUT2D eigenvalue weighted by atomic mass is 9.91. The van der Waals surface area contributed by atoms with Crippen molar-refractivity contribution in [3.63, 3.8) is 0 Å². The number of fused-ring (bicyclic) bond motifs is 3. The maximum absolute atomic E-state index is 14.2. The Bertz CT molecular complexity index is 1590. The Balaban J connectivity index is 1.45. The predicted molar refractivity (Wildman–Crippen MR) is 172 cm³/mol. The van der Waals surface area contributed by atoms with Crippen molar-refractivity contribution in [1.29, 1.82) is 0 Å². The van der Waals surface area contributed by atoms with Gasteiger partial charge in [0.25, 0.3) is 6.01 Å². The second-order valence-corrected chi connectivity index (χ2v) is 16.1. The highest BCUT2D eigenvalue weighted by molar-refractivity contribution is 7.87. The minimum Gasteiger partial charge on any atom is -0.459 e. The number of carbonyl (C=O) groups is 3. The van der Waals surface area contributed by atoms with Crippen LogP contribution in [0.25, 0.3) is 11.0 Å². The van der Waals surface area contributed by atoms with E-state index in [4.69, 9.17) is 9.72 Å². The standard InChI is InChI=1S/C33H47N5O6S/c1-22-14-10-8-7-9-11-15-23-19-33(23,30(41)35-45(42,43)36(5)6)20-28(39)27-18-24(21-37(27)29(22)40)44-31-34-25-16-12-13-17-26(25)38(31)32(2,3)4/h11-13,15-17,22-24,27H,7-10,14,18-21H2,1-6H3,(H,35,41)/b15-11-/t22-,23-,24+,27-,33+/m0/s1. The average molecular weight is 642 g/mol. The van der Waals surface area contributed by atoms with Gasteiger partial charge in [0.2, 0.25) is 11.8 Å². The molecule has 5 atom stereocenters. The Hall–Kier alpha value is -3.25. The summed E-state index contributed by atoms with van der Waals surface area (Å²) < 4.78 is 36.8. The van der Waals surface area contributed by atoms with Crippen LogP contribution >= 0.6 is 0 Å². The van der Waals surface area contributed by atoms with E-state index in [-0.39, 0.29) is 48.5 Å². The normalized spacial score (nSPS) is 29.1. The molecule has 0 radical (unpaired) electrons. The van der Waals surface area contributed by atoms with Crippen LogP contribution in [0.2, 0.25) is 0 Å². The molecule has 5 rings (SSSR count). The van der Waals surface area contributed by atoms with Gasteiger partial charge < -0.3 is 9.64 Å². The van der Waals surface area contributed by atoms with Gasteiger partial charge in [0.1, 0.15) is 6.10 Å². The van der Waals surface area contributed by atoms with E-state index in [1.54, 1.807) is 4.90 Å². The maximum Gasteiger partial charge on any atom is 0.303 e. The molecule has 1 saturated heterocycles. The van der Waals surface area contributed by atoms with Gasteiger partial charge in [0.15, 0.2) is 5.78 Å². The van der Waals surface area contributed by atoms with Crippen LogP contribution in [-0.2, 0) is 30.1 Å². The molecule has 1 N–H and O–H groups in total. The third kappa shape index (κ3) is 6.82. The lowest BCUT2D eigenvalue weighted by Gasteiger charge is -2.28. The number of carbonyl (C=O) groups excluding carboxylic acids is 3. The van der Waals surface area contributed by atoms with E-state index in [9.17, 15) is 22.8 Å². The van der Waals surface area contributed by atoms with E-state index in [1.807, 2.05) is 47.9 Å². The fourth-order valence-corrected chi connectivity index (χ4v) is 7.36. The fraction of sp³-hybridized carbons (Fsp3) is 0.636. The Morgan fingerprint density at radius 3 is 2.58 bits per heavy atom. The van der Waals surface area contributed by atoms with E-state index >= 15 is 0 Å². The summed E-state index contributed by atoms with van der Waals surface area (Å²) in [5, 5.41) is 0. The van der Waals surface area contributed by atoms with Gasteiger partial charge in [-0.15, -0.1) is 0 Å². The molecule has 1 aromatic heterocycles. The van der Waals surface area contributed by atoms with Crippen molar-refractivity contribution in [2.45, 2.75) is 96.7 Å². The molecule has 1 saturated carbocycles. The molecule has 45 heavy (non-hydrogen) atoms. The first-order valence-corrected chi connectivity index (χ1v) is 17.5. The molecule has 246 valence electrons. The zero-order chi connectivity index (χ0) is 32.7. The van der Waals surface area contributed by atoms with Crippen LogP contribution < -0.4 is 9.46 Å². The number of Topliss-reactive ketones (excluding diaryl/α,β-unsaturated/α-hetero) is 1. The number of hydrogen-bond donors (Lipinski definition) is 1. The smallest absolute Gasteiger partial charge is 0.303 e. The summed E-state index contributed by atoms with van der Waals surface area (Å²) >= 11 is 0. The molecular weight excluding hydrogens is 594 g/mol. The van der Waals surface area contributed by atoms with Crippen molar-refractivity contribution in [2.24, 2.45) is 17.3 Å². The predicted octanol–water partition coefficient (Wildman–Crippen LogP) is 4.18. The number of ketones is 1. The summed E-state index contributed by atoms with van der Waals surface area (Å²) in [7, 11) is -1.35. The topological polar surface area (TPSA) is 131 Å². The van der Waals surface area contributed by atoms with Crippen LogP contribution in [0.4, 0.5) is 0 Å². The number of para-hydroxylation sites is 2. The molecule has 1 aliphatic carbocycles. The highest BCUT2D eigenvalue weighted by Crippen LogP contribution is 2.57. The van der Waals surface area contributed by atoms with E-state index in [1.165, 1.54) is 14.1 Å². The number of allylic oxidation sites excluding steroid dienone is 2. The van der Waals surface area contributed by atoms with Crippen LogP contribution in [-0.4, -0.2) is 77.6 Å². The Morgan fingerprint density at radius 1 is 1.13 bits per heavy atom. The number of amides is 2. The molecular formula is C33H47N5O6S. The van der Waals surface area contributed by atoms with Crippen LogP contribution in [0.15, 0.2) is 36.4 Å². The average Bonchev–Trinajstić information content (AvgIpc) is 3.29. The lowest BCUT2D eigenvalue weighted by Crippen LogP contribution is -2.47. The number of ether oxygens (including phenoxy) is 1. The zero-order valence-corrected chi connectivity index (χ0v) is 28.1. The van der Waals surface area contributed by atoms with Crippen LogP contribution in [0, 0.1) is 17.3 Å². The third-order valence-electron chi connectivity index (χ3n) is 9.47. The second-order valence-electron chi connectivity index (χ2n) is 14.2. The highest BCUT2D eigenvalue weighted by Gasteiger charge is 2.61. The molecule has 12 heteroatoms. The number of rotatable bonds is 5. The molecule has 0 bridgehead atoms. The number of benzene rings is 1. The number of aromatic nitrogens is 2. The van der Waals surface area contributed by atoms with Gasteiger partial charge >= 0.3 is 10.2 Å². The van der Waals surface area contributed by atoms with Crippen LogP contribution in [0.3, 0.4) is 0 Å². The first-order valence-electron chi connectivity index (χ1n) is 16.0. The molecule has 1 aromatic carbocycles. The summed E-state index contributed by atoms with van der Waals surface area (Å²) in [4.78, 5) is 48.0. The molecule has 3 heterocycles. The summed E-state index contributed by atoms with van der Waals surface area (Å²) in [5.74, 6) is -1.56. The maximum atomic E-state index is 14.2. The number of hydrogen-bond acceptors (Lipinski definition) is 7. The van der Waals surface area contributed by atoms with Gasteiger partial charge in [-0.05, 0) is 64.5 Å². The Kier molecular flexibility index (Phi) is 9.21. The van der Waals surface area contributed by atoms with Crippen molar-refractivity contribution in [3.05, 3.63) is 36.4 Å². The van der Waals surface area contributed by atoms with E-state index < -0.39 is 33.7 Å². The van der Waals surface area contributed by atoms with Crippen molar-refractivity contribution in [2.75, 3.05) is 20.6 Å². The van der Waals surface area contributed by atoms with Crippen LogP contribution in [0.5, 0.6) is 6.01 Å². The van der Waals surface area contributed by atoms with Crippen molar-refractivity contribution < 1.29 is 27.5 Å². The number of nitrogens with one attached hydrogen (secondary N) is 1. The minimum atomic E-state index is -4.04. The lowest BCUT2D eigenvalue weighted by molar-refractivity contribution is -0.141. The van der Waals surface area contributed by atoms with E-state index in [0.29, 0.717) is 12.4 Å². The molecule has 2 fully saturated rings. The van der Waals surface area contributed by atoms with Crippen molar-refractivity contribution >= 4 is 38.8 Å². The molecule has 3 aliphatic rings. The molecule has 2 aromatic rings. The summed E-state index contributed by atoms with van der Waals surface area (Å²) in [6.07, 6.45) is 8.36. The van der Waals surface area contributed by atoms with Gasteiger partial charge in [0, 0.05) is 38.4 Å².